The normalized spacial score (nSPS) is 10.7. The Kier molecular flexibility index (Phi) is 3.99. The van der Waals surface area contributed by atoms with E-state index in [0.29, 0.717) is 30.6 Å². The summed E-state index contributed by atoms with van der Waals surface area (Å²) in [6.45, 7) is 2.37. The number of aryl methyl sites for hydroxylation is 1. The van der Waals surface area contributed by atoms with Crippen molar-refractivity contribution in [2.24, 2.45) is 0 Å². The standard InChI is InChI=1S/C13H13F2N3O/c1-9-13(10-4-5-11(14)12(15)8-10)16-17-18(9)6-2-3-7-19/h4-5,7-8H,2-3,6H2,1H3. The summed E-state index contributed by atoms with van der Waals surface area (Å²) in [7, 11) is 0. The first kappa shape index (κ1) is 13.3. The number of halogens is 2. The van der Waals surface area contributed by atoms with E-state index in [4.69, 9.17) is 0 Å². The zero-order chi connectivity index (χ0) is 13.8. The van der Waals surface area contributed by atoms with Gasteiger partial charge in [0.1, 0.15) is 12.0 Å². The maximum absolute atomic E-state index is 13.2. The van der Waals surface area contributed by atoms with Crippen LogP contribution < -0.4 is 0 Å². The Labute approximate surface area is 109 Å². The van der Waals surface area contributed by atoms with Crippen LogP contribution >= 0.6 is 0 Å². The van der Waals surface area contributed by atoms with Gasteiger partial charge in [-0.25, -0.2) is 13.5 Å². The minimum absolute atomic E-state index is 0.458. The van der Waals surface area contributed by atoms with Gasteiger partial charge in [0.2, 0.25) is 0 Å². The largest absolute Gasteiger partial charge is 0.303 e. The van der Waals surface area contributed by atoms with E-state index in [-0.39, 0.29) is 0 Å². The highest BCUT2D eigenvalue weighted by atomic mass is 19.2. The molecule has 1 aromatic heterocycles. The molecule has 4 nitrogen and oxygen atoms in total. The summed E-state index contributed by atoms with van der Waals surface area (Å²) >= 11 is 0. The molecule has 6 heteroatoms. The topological polar surface area (TPSA) is 47.8 Å². The lowest BCUT2D eigenvalue weighted by molar-refractivity contribution is -0.107. The lowest BCUT2D eigenvalue weighted by Gasteiger charge is -2.02. The molecule has 1 heterocycles. The van der Waals surface area contributed by atoms with Gasteiger partial charge in [-0.15, -0.1) is 5.10 Å². The molecule has 0 unspecified atom stereocenters. The van der Waals surface area contributed by atoms with Crippen LogP contribution in [0.2, 0.25) is 0 Å². The van der Waals surface area contributed by atoms with Gasteiger partial charge in [-0.3, -0.25) is 0 Å². The molecule has 0 amide bonds. The van der Waals surface area contributed by atoms with Crippen molar-refractivity contribution in [2.45, 2.75) is 26.3 Å². The average molecular weight is 265 g/mol. The number of hydrogen-bond acceptors (Lipinski definition) is 3. The third kappa shape index (κ3) is 2.83. The minimum Gasteiger partial charge on any atom is -0.303 e. The first-order valence-corrected chi connectivity index (χ1v) is 5.92. The molecule has 19 heavy (non-hydrogen) atoms. The zero-order valence-corrected chi connectivity index (χ0v) is 10.4. The van der Waals surface area contributed by atoms with Gasteiger partial charge in [-0.2, -0.15) is 0 Å². The number of nitrogens with zero attached hydrogens (tertiary/aromatic N) is 3. The van der Waals surface area contributed by atoms with Crippen LogP contribution in [0.15, 0.2) is 18.2 Å². The molecule has 0 fully saturated rings. The number of carbonyl (C=O) groups is 1. The van der Waals surface area contributed by atoms with Crippen LogP contribution in [0.5, 0.6) is 0 Å². The van der Waals surface area contributed by atoms with Crippen LogP contribution in [-0.4, -0.2) is 21.3 Å². The van der Waals surface area contributed by atoms with Gasteiger partial charge >= 0.3 is 0 Å². The Hall–Kier alpha value is -2.11. The van der Waals surface area contributed by atoms with Crippen molar-refractivity contribution >= 4 is 6.29 Å². The summed E-state index contributed by atoms with van der Waals surface area (Å²) in [5.74, 6) is -1.80. The lowest BCUT2D eigenvalue weighted by Crippen LogP contribution is -2.02. The van der Waals surface area contributed by atoms with E-state index >= 15 is 0 Å². The number of unbranched alkanes of at least 4 members (excludes halogenated alkanes) is 1. The van der Waals surface area contributed by atoms with E-state index in [1.165, 1.54) is 6.07 Å². The van der Waals surface area contributed by atoms with Gasteiger partial charge in [0, 0.05) is 18.5 Å². The molecular weight excluding hydrogens is 252 g/mol. The summed E-state index contributed by atoms with van der Waals surface area (Å²) in [6, 6.07) is 3.63. The predicted molar refractivity (Wildman–Crippen MR) is 65.4 cm³/mol. The van der Waals surface area contributed by atoms with E-state index < -0.39 is 11.6 Å². The molecule has 0 radical (unpaired) electrons. The van der Waals surface area contributed by atoms with Gasteiger partial charge < -0.3 is 4.79 Å². The van der Waals surface area contributed by atoms with Gasteiger partial charge in [-0.1, -0.05) is 5.21 Å². The van der Waals surface area contributed by atoms with Crippen molar-refractivity contribution in [2.75, 3.05) is 0 Å². The molecule has 0 aliphatic carbocycles. The molecule has 2 rings (SSSR count). The van der Waals surface area contributed by atoms with Crippen molar-refractivity contribution in [1.29, 1.82) is 0 Å². The zero-order valence-electron chi connectivity index (χ0n) is 10.4. The Morgan fingerprint density at radius 2 is 2.11 bits per heavy atom. The molecule has 0 aliphatic heterocycles. The van der Waals surface area contributed by atoms with Crippen molar-refractivity contribution in [3.63, 3.8) is 0 Å². The molecular formula is C13H13F2N3O. The summed E-state index contributed by atoms with van der Waals surface area (Å²) < 4.78 is 27.7. The van der Waals surface area contributed by atoms with Crippen molar-refractivity contribution < 1.29 is 13.6 Å². The second kappa shape index (κ2) is 5.69. The Morgan fingerprint density at radius 1 is 1.32 bits per heavy atom. The number of rotatable bonds is 5. The molecule has 0 spiro atoms. The molecule has 0 aliphatic rings. The van der Waals surface area contributed by atoms with Gasteiger partial charge in [0.05, 0.1) is 5.69 Å². The molecule has 1 aromatic carbocycles. The second-order valence-electron chi connectivity index (χ2n) is 4.18. The smallest absolute Gasteiger partial charge is 0.159 e. The van der Waals surface area contributed by atoms with E-state index in [0.717, 1.165) is 24.1 Å². The summed E-state index contributed by atoms with van der Waals surface area (Å²) in [6.07, 6.45) is 1.98. The fraction of sp³-hybridized carbons (Fsp3) is 0.308. The highest BCUT2D eigenvalue weighted by Gasteiger charge is 2.12. The minimum atomic E-state index is -0.910. The van der Waals surface area contributed by atoms with Crippen molar-refractivity contribution in [3.05, 3.63) is 35.5 Å². The Bertz CT molecular complexity index is 596. The monoisotopic (exact) mass is 265 g/mol. The van der Waals surface area contributed by atoms with E-state index in [9.17, 15) is 13.6 Å². The maximum atomic E-state index is 13.2. The SMILES string of the molecule is Cc1c(-c2ccc(F)c(F)c2)nnn1CCCC=O. The molecule has 0 atom stereocenters. The molecule has 100 valence electrons. The number of hydrogen-bond donors (Lipinski definition) is 0. The first-order chi connectivity index (χ1) is 9.13. The average Bonchev–Trinajstić information content (AvgIpc) is 2.75. The Balaban J connectivity index is 2.25. The van der Waals surface area contributed by atoms with E-state index in [2.05, 4.69) is 10.3 Å². The number of aldehydes is 1. The van der Waals surface area contributed by atoms with Gasteiger partial charge in [0.25, 0.3) is 0 Å². The quantitative estimate of drug-likeness (QED) is 0.616. The summed E-state index contributed by atoms with van der Waals surface area (Å²) in [4.78, 5) is 10.3. The fourth-order valence-corrected chi connectivity index (χ4v) is 1.81. The van der Waals surface area contributed by atoms with Crippen LogP contribution in [-0.2, 0) is 11.3 Å². The van der Waals surface area contributed by atoms with Crippen LogP contribution in [0, 0.1) is 18.6 Å². The highest BCUT2D eigenvalue weighted by Crippen LogP contribution is 2.22. The highest BCUT2D eigenvalue weighted by molar-refractivity contribution is 5.61. The van der Waals surface area contributed by atoms with Gasteiger partial charge in [0.15, 0.2) is 11.6 Å². The third-order valence-electron chi connectivity index (χ3n) is 2.87. The third-order valence-corrected chi connectivity index (χ3v) is 2.87. The lowest BCUT2D eigenvalue weighted by atomic mass is 10.1. The Morgan fingerprint density at radius 3 is 2.79 bits per heavy atom. The van der Waals surface area contributed by atoms with E-state index in [1.54, 1.807) is 11.6 Å². The first-order valence-electron chi connectivity index (χ1n) is 5.92. The van der Waals surface area contributed by atoms with Crippen molar-refractivity contribution in [1.82, 2.24) is 15.0 Å². The van der Waals surface area contributed by atoms with Crippen molar-refractivity contribution in [3.8, 4) is 11.3 Å². The summed E-state index contributed by atoms with van der Waals surface area (Å²) in [5.41, 5.74) is 1.76. The predicted octanol–water partition coefficient (Wildman–Crippen LogP) is 2.51. The van der Waals surface area contributed by atoms with E-state index in [1.807, 2.05) is 0 Å². The second-order valence-corrected chi connectivity index (χ2v) is 4.18. The van der Waals surface area contributed by atoms with Crippen LogP contribution in [0.3, 0.4) is 0 Å². The molecule has 0 N–H and O–H groups in total. The van der Waals surface area contributed by atoms with Gasteiger partial charge in [-0.05, 0) is 31.5 Å². The molecule has 2 aromatic rings. The number of carbonyl (C=O) groups excluding carboxylic acids is 1. The molecule has 0 saturated carbocycles. The van der Waals surface area contributed by atoms with Crippen LogP contribution in [0.1, 0.15) is 18.5 Å². The molecule has 0 saturated heterocycles. The fourth-order valence-electron chi connectivity index (χ4n) is 1.81. The number of benzene rings is 1. The van der Waals surface area contributed by atoms with Crippen LogP contribution in [0.25, 0.3) is 11.3 Å². The molecule has 0 bridgehead atoms. The summed E-state index contributed by atoms with van der Waals surface area (Å²) in [5, 5.41) is 7.92. The maximum Gasteiger partial charge on any atom is 0.159 e. The van der Waals surface area contributed by atoms with Crippen LogP contribution in [0.4, 0.5) is 8.78 Å². The number of aromatic nitrogens is 3.